The average Bonchev–Trinajstić information content (AvgIpc) is 3.39. The number of nitrogens with zero attached hydrogens (tertiary/aromatic N) is 1. The highest BCUT2D eigenvalue weighted by Gasteiger charge is 2.26. The standard InChI is InChI=1S/C20H23N3O3S2/c21-28(25,18-10-14-7-8-26-11-17(14)27-18)23-20(24)22-19-15-5-1-3-12(15)9-13-4-2-6-16(13)19/h9-10H,1-8,11H2,(H3,21,22,23,24,25). The van der Waals surface area contributed by atoms with Crippen LogP contribution in [0.5, 0.6) is 0 Å². The minimum absolute atomic E-state index is 0.446. The first-order valence-corrected chi connectivity index (χ1v) is 12.1. The molecule has 2 heterocycles. The van der Waals surface area contributed by atoms with E-state index in [0.29, 0.717) is 17.4 Å². The number of fused-ring (bicyclic) bond motifs is 3. The van der Waals surface area contributed by atoms with Gasteiger partial charge in [-0.3, -0.25) is 0 Å². The van der Waals surface area contributed by atoms with Gasteiger partial charge < -0.3 is 10.1 Å². The Hall–Kier alpha value is -1.74. The summed E-state index contributed by atoms with van der Waals surface area (Å²) in [5, 5.41) is 8.95. The number of aryl methyl sites for hydroxylation is 2. The van der Waals surface area contributed by atoms with Crippen molar-refractivity contribution in [2.45, 2.75) is 55.8 Å². The Morgan fingerprint density at radius 2 is 1.79 bits per heavy atom. The third-order valence-electron chi connectivity index (χ3n) is 5.83. The van der Waals surface area contributed by atoms with E-state index in [4.69, 9.17) is 9.88 Å². The van der Waals surface area contributed by atoms with E-state index >= 15 is 0 Å². The molecule has 1 atom stereocenters. The Kier molecular flexibility index (Phi) is 4.54. The maximum absolute atomic E-state index is 13.0. The zero-order valence-corrected chi connectivity index (χ0v) is 17.2. The predicted molar refractivity (Wildman–Crippen MR) is 110 cm³/mol. The van der Waals surface area contributed by atoms with Gasteiger partial charge in [0, 0.05) is 10.6 Å². The van der Waals surface area contributed by atoms with E-state index in [0.717, 1.165) is 61.1 Å². The fourth-order valence-electron chi connectivity index (χ4n) is 4.53. The van der Waals surface area contributed by atoms with Gasteiger partial charge in [0.1, 0.15) is 4.21 Å². The minimum atomic E-state index is -3.28. The second-order valence-electron chi connectivity index (χ2n) is 7.64. The Morgan fingerprint density at radius 1 is 1.07 bits per heavy atom. The molecule has 8 heteroatoms. The summed E-state index contributed by atoms with van der Waals surface area (Å²) in [6.45, 7) is 1.15. The van der Waals surface area contributed by atoms with Crippen molar-refractivity contribution in [3.8, 4) is 0 Å². The molecule has 0 fully saturated rings. The number of thiophene rings is 1. The Bertz CT molecular complexity index is 1040. The van der Waals surface area contributed by atoms with Crippen LogP contribution < -0.4 is 10.5 Å². The van der Waals surface area contributed by atoms with Crippen molar-refractivity contribution in [3.05, 3.63) is 44.8 Å². The summed E-state index contributed by atoms with van der Waals surface area (Å²) in [5.74, 6) is 0. The number of nitrogens with one attached hydrogen (secondary N) is 1. The molecule has 0 radical (unpaired) electrons. The van der Waals surface area contributed by atoms with Crippen molar-refractivity contribution in [1.29, 1.82) is 0 Å². The van der Waals surface area contributed by atoms with Gasteiger partial charge in [-0.2, -0.15) is 0 Å². The first-order valence-electron chi connectivity index (χ1n) is 9.73. The number of ether oxygens (including phenoxy) is 1. The molecule has 6 nitrogen and oxygen atoms in total. The fourth-order valence-corrected chi connectivity index (χ4v) is 6.99. The molecule has 2 amide bonds. The van der Waals surface area contributed by atoms with Crippen molar-refractivity contribution in [2.24, 2.45) is 9.50 Å². The normalized spacial score (nSPS) is 19.5. The molecule has 0 spiro atoms. The highest BCUT2D eigenvalue weighted by molar-refractivity contribution is 7.93. The summed E-state index contributed by atoms with van der Waals surface area (Å²) in [6, 6.07) is 3.51. The van der Waals surface area contributed by atoms with E-state index in [1.807, 2.05) is 6.07 Å². The van der Waals surface area contributed by atoms with Gasteiger partial charge in [0.05, 0.1) is 13.2 Å². The van der Waals surface area contributed by atoms with Crippen molar-refractivity contribution in [1.82, 2.24) is 0 Å². The van der Waals surface area contributed by atoms with E-state index in [1.54, 1.807) is 0 Å². The van der Waals surface area contributed by atoms with E-state index in [9.17, 15) is 9.00 Å². The lowest BCUT2D eigenvalue weighted by Crippen LogP contribution is -2.18. The zero-order chi connectivity index (χ0) is 19.3. The van der Waals surface area contributed by atoms with E-state index in [-0.39, 0.29) is 0 Å². The van der Waals surface area contributed by atoms with Crippen LogP contribution >= 0.6 is 11.3 Å². The van der Waals surface area contributed by atoms with Gasteiger partial charge in [0.2, 0.25) is 0 Å². The number of rotatable bonds is 2. The second kappa shape index (κ2) is 6.95. The average molecular weight is 418 g/mol. The monoisotopic (exact) mass is 417 g/mol. The van der Waals surface area contributed by atoms with Crippen LogP contribution in [0, 0.1) is 0 Å². The molecule has 0 saturated heterocycles. The molecule has 1 unspecified atom stereocenters. The highest BCUT2D eigenvalue weighted by Crippen LogP contribution is 2.38. The molecule has 0 bridgehead atoms. The highest BCUT2D eigenvalue weighted by atomic mass is 32.2. The molecule has 148 valence electrons. The Balaban J connectivity index is 1.46. The predicted octanol–water partition coefficient (Wildman–Crippen LogP) is 3.73. The van der Waals surface area contributed by atoms with Crippen LogP contribution in [0.1, 0.15) is 45.5 Å². The number of hydrogen-bond acceptors (Lipinski definition) is 4. The number of benzene rings is 1. The van der Waals surface area contributed by atoms with E-state index in [2.05, 4.69) is 15.7 Å². The second-order valence-corrected chi connectivity index (χ2v) is 10.8. The van der Waals surface area contributed by atoms with Gasteiger partial charge in [-0.05, 0) is 78.8 Å². The largest absolute Gasteiger partial charge is 0.376 e. The van der Waals surface area contributed by atoms with Crippen LogP contribution in [0.25, 0.3) is 0 Å². The van der Waals surface area contributed by atoms with Crippen LogP contribution in [0.4, 0.5) is 10.5 Å². The lowest BCUT2D eigenvalue weighted by molar-refractivity contribution is 0.113. The van der Waals surface area contributed by atoms with Gasteiger partial charge in [-0.1, -0.05) is 6.07 Å². The number of urea groups is 1. The number of carbonyl (C=O) groups excluding carboxylic acids is 1. The summed E-state index contributed by atoms with van der Waals surface area (Å²) >= 11 is 1.33. The fraction of sp³-hybridized carbons (Fsp3) is 0.450. The first-order chi connectivity index (χ1) is 13.5. The summed E-state index contributed by atoms with van der Waals surface area (Å²) in [4.78, 5) is 13.7. The molecule has 3 aliphatic rings. The van der Waals surface area contributed by atoms with E-state index < -0.39 is 15.9 Å². The molecule has 1 aromatic carbocycles. The SMILES string of the molecule is NS(=O)(=NC(=O)Nc1c2c(cc3c1CCC3)CCC2)c1cc2c(s1)COCC2. The van der Waals surface area contributed by atoms with Gasteiger partial charge >= 0.3 is 6.03 Å². The quantitative estimate of drug-likeness (QED) is 0.779. The topological polar surface area (TPSA) is 93.8 Å². The van der Waals surface area contributed by atoms with Crippen LogP contribution in [-0.4, -0.2) is 16.8 Å². The van der Waals surface area contributed by atoms with Gasteiger partial charge in [0.25, 0.3) is 0 Å². The van der Waals surface area contributed by atoms with Crippen LogP contribution in [0.2, 0.25) is 0 Å². The minimum Gasteiger partial charge on any atom is -0.376 e. The van der Waals surface area contributed by atoms with Gasteiger partial charge in [0.15, 0.2) is 9.92 Å². The van der Waals surface area contributed by atoms with Crippen molar-refractivity contribution < 1.29 is 13.7 Å². The number of nitrogens with two attached hydrogens (primary N) is 1. The van der Waals surface area contributed by atoms with Crippen molar-refractivity contribution in [2.75, 3.05) is 11.9 Å². The maximum atomic E-state index is 13.0. The first kappa shape index (κ1) is 18.3. The molecule has 28 heavy (non-hydrogen) atoms. The summed E-state index contributed by atoms with van der Waals surface area (Å²) in [6.07, 6.45) is 7.03. The van der Waals surface area contributed by atoms with Crippen LogP contribution in [0.3, 0.4) is 0 Å². The van der Waals surface area contributed by atoms with Crippen LogP contribution in [-0.2, 0) is 53.4 Å². The number of amides is 2. The Morgan fingerprint density at radius 3 is 2.46 bits per heavy atom. The van der Waals surface area contributed by atoms with Gasteiger partial charge in [-0.25, -0.2) is 14.1 Å². The summed E-state index contributed by atoms with van der Waals surface area (Å²) in [5.41, 5.74) is 7.09. The number of carbonyl (C=O) groups is 1. The zero-order valence-electron chi connectivity index (χ0n) is 15.6. The lowest BCUT2D eigenvalue weighted by atomic mass is 9.99. The van der Waals surface area contributed by atoms with E-state index in [1.165, 1.54) is 33.6 Å². The molecular weight excluding hydrogens is 394 g/mol. The van der Waals surface area contributed by atoms with Crippen LogP contribution in [0.15, 0.2) is 20.7 Å². The summed E-state index contributed by atoms with van der Waals surface area (Å²) < 4.78 is 22.8. The number of hydrogen-bond donors (Lipinski definition) is 2. The lowest BCUT2D eigenvalue weighted by Gasteiger charge is -2.15. The smallest absolute Gasteiger partial charge is 0.354 e. The molecule has 1 aliphatic heterocycles. The maximum Gasteiger partial charge on any atom is 0.354 e. The summed E-state index contributed by atoms with van der Waals surface area (Å²) in [7, 11) is -3.28. The Labute approximate surface area is 168 Å². The molecule has 2 aliphatic carbocycles. The third-order valence-corrected chi connectivity index (χ3v) is 8.88. The molecule has 1 aromatic heterocycles. The number of anilines is 1. The molecule has 3 N–H and O–H groups in total. The molecule has 5 rings (SSSR count). The third kappa shape index (κ3) is 3.18. The molecular formula is C20H23N3O3S2. The molecule has 0 saturated carbocycles. The molecule has 2 aromatic rings. The van der Waals surface area contributed by atoms with Gasteiger partial charge in [-0.15, -0.1) is 15.7 Å². The van der Waals surface area contributed by atoms with Crippen molar-refractivity contribution >= 4 is 33.0 Å². The van der Waals surface area contributed by atoms with Crippen molar-refractivity contribution in [3.63, 3.8) is 0 Å².